The van der Waals surface area contributed by atoms with Gasteiger partial charge < -0.3 is 2.85 Å². The second-order valence-corrected chi connectivity index (χ2v) is 10.2. The van der Waals surface area contributed by atoms with E-state index in [0.717, 1.165) is 11.8 Å². The van der Waals surface area contributed by atoms with E-state index in [-0.39, 0.29) is 50.1 Å². The molecule has 0 amide bonds. The molecular weight excluding hydrogens is 306 g/mol. The van der Waals surface area contributed by atoms with Gasteiger partial charge in [0.15, 0.2) is 0 Å². The number of rotatable bonds is 4. The van der Waals surface area contributed by atoms with Crippen LogP contribution in [0.5, 0.6) is 0 Å². The fourth-order valence-corrected chi connectivity index (χ4v) is 8.32. The van der Waals surface area contributed by atoms with Crippen LogP contribution in [0.25, 0.3) is 0 Å². The van der Waals surface area contributed by atoms with Gasteiger partial charge in [0.25, 0.3) is 0 Å². The molecule has 0 saturated carbocycles. The first-order valence-electron chi connectivity index (χ1n) is 10.0. The molecule has 2 atom stereocenters. The van der Waals surface area contributed by atoms with Crippen LogP contribution in [0.4, 0.5) is 0 Å². The largest absolute Gasteiger partial charge is 1.00 e. The summed E-state index contributed by atoms with van der Waals surface area (Å²) in [6.45, 7) is 4.81. The van der Waals surface area contributed by atoms with Gasteiger partial charge in [-0.2, -0.15) is 0 Å². The predicted octanol–water partition coefficient (Wildman–Crippen LogP) is 0.118. The van der Waals surface area contributed by atoms with Gasteiger partial charge in [0.1, 0.15) is 0 Å². The summed E-state index contributed by atoms with van der Waals surface area (Å²) in [5, 5.41) is 0. The van der Waals surface area contributed by atoms with Gasteiger partial charge in [0.2, 0.25) is 0 Å². The molecule has 0 radical (unpaired) electrons. The number of hydrogen-bond acceptors (Lipinski definition) is 0. The maximum absolute atomic E-state index is 2.55. The topological polar surface area (TPSA) is 0 Å². The van der Waals surface area contributed by atoms with E-state index in [9.17, 15) is 0 Å². The number of allylic oxidation sites excluding steroid dienone is 8. The van der Waals surface area contributed by atoms with Gasteiger partial charge in [-0.3, -0.25) is 0 Å². The zero-order valence-electron chi connectivity index (χ0n) is 19.1. The van der Waals surface area contributed by atoms with Gasteiger partial charge in [-0.1, -0.05) is 46.5 Å². The van der Waals surface area contributed by atoms with Crippen molar-refractivity contribution < 1.29 is 40.6 Å². The smallest absolute Gasteiger partial charge is 1.00 e. The van der Waals surface area contributed by atoms with Crippen molar-refractivity contribution in [2.75, 3.05) is 0 Å². The van der Waals surface area contributed by atoms with Gasteiger partial charge in [-0.15, -0.1) is 0 Å². The standard InChI is InChI=1S/C22H32Si.2Li.2H/c1-15-11-17-7-3-5-9-19(17)21(15)13-23-14-22-16(2)12-18-8-4-6-10-20(18)22;;;;/h11-12,21-22H,3-10,13-14,23H2,1-2H3;;;;/q;2*+1;2*-1. The molecule has 0 heterocycles. The molecule has 0 spiro atoms. The zero-order valence-corrected chi connectivity index (χ0v) is 18.5. The average molecular weight is 340 g/mol. The first-order valence-corrected chi connectivity index (χ1v) is 12.0. The summed E-state index contributed by atoms with van der Waals surface area (Å²) in [4.78, 5) is 0. The van der Waals surface area contributed by atoms with Crippen LogP contribution in [0.3, 0.4) is 0 Å². The molecular formula is C22H34Li2Si. The molecule has 2 unspecified atom stereocenters. The first-order chi connectivity index (χ1) is 11.2. The third-order valence-corrected chi connectivity index (χ3v) is 8.81. The van der Waals surface area contributed by atoms with E-state index in [4.69, 9.17) is 0 Å². The second kappa shape index (κ2) is 9.53. The maximum Gasteiger partial charge on any atom is 1.00 e. The van der Waals surface area contributed by atoms with Crippen LogP contribution in [0.1, 0.15) is 68.1 Å². The Bertz CT molecular complexity index is 580. The third-order valence-electron chi connectivity index (χ3n) is 6.84. The summed E-state index contributed by atoms with van der Waals surface area (Å²) in [5.41, 5.74) is 10.6. The van der Waals surface area contributed by atoms with E-state index in [1.54, 1.807) is 22.3 Å². The monoisotopic (exact) mass is 340 g/mol. The Morgan fingerprint density at radius 2 is 1.16 bits per heavy atom. The third kappa shape index (κ3) is 4.45. The number of hydrogen-bond donors (Lipinski definition) is 0. The van der Waals surface area contributed by atoms with Crippen LogP contribution >= 0.6 is 0 Å². The van der Waals surface area contributed by atoms with Crippen molar-refractivity contribution in [1.82, 2.24) is 0 Å². The van der Waals surface area contributed by atoms with E-state index >= 15 is 0 Å². The minimum atomic E-state index is 0. The van der Waals surface area contributed by atoms with Crippen LogP contribution in [-0.2, 0) is 0 Å². The molecule has 0 saturated heterocycles. The van der Waals surface area contributed by atoms with Crippen molar-refractivity contribution in [3.8, 4) is 0 Å². The van der Waals surface area contributed by atoms with Gasteiger partial charge in [-0.25, -0.2) is 0 Å². The zero-order chi connectivity index (χ0) is 15.8. The van der Waals surface area contributed by atoms with Crippen LogP contribution in [0.2, 0.25) is 12.1 Å². The van der Waals surface area contributed by atoms with Gasteiger partial charge in [0, 0.05) is 9.52 Å². The Morgan fingerprint density at radius 3 is 1.60 bits per heavy atom. The van der Waals surface area contributed by atoms with E-state index in [0.29, 0.717) is 0 Å². The second-order valence-electron chi connectivity index (χ2n) is 8.33. The summed E-state index contributed by atoms with van der Waals surface area (Å²) in [6, 6.07) is 3.07. The molecule has 0 aromatic heterocycles. The Hall–Kier alpha value is 0.372. The van der Waals surface area contributed by atoms with Crippen molar-refractivity contribution in [1.29, 1.82) is 0 Å². The van der Waals surface area contributed by atoms with Crippen molar-refractivity contribution in [3.63, 3.8) is 0 Å². The van der Waals surface area contributed by atoms with Gasteiger partial charge >= 0.3 is 37.7 Å². The quantitative estimate of drug-likeness (QED) is 0.638. The molecule has 4 aliphatic carbocycles. The minimum absolute atomic E-state index is 0. The molecule has 3 heteroatoms. The summed E-state index contributed by atoms with van der Waals surface area (Å²) in [6.07, 6.45) is 16.4. The Morgan fingerprint density at radius 1 is 0.760 bits per heavy atom. The van der Waals surface area contributed by atoms with Crippen molar-refractivity contribution >= 4 is 9.52 Å². The van der Waals surface area contributed by atoms with Gasteiger partial charge in [0.05, 0.1) is 0 Å². The van der Waals surface area contributed by atoms with Crippen LogP contribution in [-0.4, -0.2) is 9.52 Å². The minimum Gasteiger partial charge on any atom is -1.00 e. The van der Waals surface area contributed by atoms with Gasteiger partial charge in [-0.05, 0) is 88.2 Å². The Labute approximate surface area is 184 Å². The molecule has 0 aromatic carbocycles. The summed E-state index contributed by atoms with van der Waals surface area (Å²) < 4.78 is 0. The predicted molar refractivity (Wildman–Crippen MR) is 106 cm³/mol. The van der Waals surface area contributed by atoms with Crippen LogP contribution in [0, 0.1) is 11.8 Å². The Kier molecular flexibility index (Phi) is 8.26. The SMILES string of the molecule is CC1=CC2=C(CCCC2)C1C[SiH2]CC1C(C)=CC2=C1CCCC2.[H-].[H-].[Li+].[Li+]. The first kappa shape index (κ1) is 21.7. The van der Waals surface area contributed by atoms with Crippen molar-refractivity contribution in [2.45, 2.75) is 77.3 Å². The molecule has 25 heavy (non-hydrogen) atoms. The molecule has 0 fully saturated rings. The maximum atomic E-state index is 2.55. The molecule has 0 bridgehead atoms. The molecule has 0 aliphatic heterocycles. The normalized spacial score (nSPS) is 28.4. The molecule has 0 N–H and O–H groups in total. The van der Waals surface area contributed by atoms with Crippen molar-refractivity contribution in [2.24, 2.45) is 11.8 Å². The van der Waals surface area contributed by atoms with E-state index in [1.165, 1.54) is 63.5 Å². The summed E-state index contributed by atoms with van der Waals surface area (Å²) >= 11 is 0. The van der Waals surface area contributed by atoms with E-state index < -0.39 is 0 Å². The Balaban J connectivity index is 0.00000169. The molecule has 4 aliphatic rings. The fourth-order valence-electron chi connectivity index (χ4n) is 5.66. The fraction of sp³-hybridized carbons (Fsp3) is 0.636. The van der Waals surface area contributed by atoms with E-state index in [1.807, 2.05) is 11.1 Å². The summed E-state index contributed by atoms with van der Waals surface area (Å²) in [5.74, 6) is 1.73. The summed E-state index contributed by atoms with van der Waals surface area (Å²) in [7, 11) is 0.0442. The van der Waals surface area contributed by atoms with Crippen LogP contribution in [0.15, 0.2) is 45.6 Å². The molecule has 4 rings (SSSR count). The molecule has 0 nitrogen and oxygen atoms in total. The van der Waals surface area contributed by atoms with Crippen LogP contribution < -0.4 is 37.7 Å². The molecule has 0 aromatic rings. The van der Waals surface area contributed by atoms with E-state index in [2.05, 4.69) is 26.0 Å². The molecule has 128 valence electrons. The average Bonchev–Trinajstić information content (AvgIpc) is 3.04. The van der Waals surface area contributed by atoms with Crippen molar-refractivity contribution in [3.05, 3.63) is 45.6 Å².